The Bertz CT molecular complexity index is 410. The summed E-state index contributed by atoms with van der Waals surface area (Å²) in [4.78, 5) is 8.80. The molecule has 19 heavy (non-hydrogen) atoms. The third-order valence-corrected chi connectivity index (χ3v) is 4.41. The van der Waals surface area contributed by atoms with Crippen LogP contribution < -0.4 is 10.6 Å². The molecule has 2 atom stereocenters. The lowest BCUT2D eigenvalue weighted by Crippen LogP contribution is -2.32. The van der Waals surface area contributed by atoms with Gasteiger partial charge in [-0.25, -0.2) is 4.98 Å². The fraction of sp³-hybridized carbons (Fsp3) is 0.714. The first-order chi connectivity index (χ1) is 9.24. The number of anilines is 2. The van der Waals surface area contributed by atoms with Crippen molar-refractivity contribution in [1.29, 1.82) is 0 Å². The highest BCUT2D eigenvalue weighted by Gasteiger charge is 2.24. The Labute approximate surface area is 123 Å². The second kappa shape index (κ2) is 7.08. The Balaban J connectivity index is 2.10. The third kappa shape index (κ3) is 3.81. The fourth-order valence-corrected chi connectivity index (χ4v) is 3.08. The van der Waals surface area contributed by atoms with E-state index in [9.17, 15) is 0 Å². The SMILES string of the molecule is CCNc1ncc(Br)c(NC2CCCCC2CC)n1. The molecule has 4 nitrogen and oxygen atoms in total. The molecule has 1 aliphatic rings. The van der Waals surface area contributed by atoms with E-state index in [0.29, 0.717) is 12.0 Å². The van der Waals surface area contributed by atoms with E-state index < -0.39 is 0 Å². The van der Waals surface area contributed by atoms with Crippen LogP contribution in [0.15, 0.2) is 10.7 Å². The molecule has 1 aliphatic carbocycles. The molecule has 2 unspecified atom stereocenters. The van der Waals surface area contributed by atoms with Crippen LogP contribution >= 0.6 is 15.9 Å². The van der Waals surface area contributed by atoms with E-state index in [1.54, 1.807) is 0 Å². The van der Waals surface area contributed by atoms with Gasteiger partial charge in [0.25, 0.3) is 0 Å². The van der Waals surface area contributed by atoms with Crippen LogP contribution in [0.5, 0.6) is 0 Å². The molecule has 0 spiro atoms. The van der Waals surface area contributed by atoms with Crippen molar-refractivity contribution < 1.29 is 0 Å². The van der Waals surface area contributed by atoms with Crippen LogP contribution in [0.2, 0.25) is 0 Å². The van der Waals surface area contributed by atoms with Gasteiger partial charge in [-0.15, -0.1) is 0 Å². The Morgan fingerprint density at radius 3 is 2.84 bits per heavy atom. The molecule has 1 aromatic rings. The van der Waals surface area contributed by atoms with Crippen LogP contribution in [0, 0.1) is 5.92 Å². The molecule has 1 aromatic heterocycles. The lowest BCUT2D eigenvalue weighted by molar-refractivity contribution is 0.316. The van der Waals surface area contributed by atoms with Crippen molar-refractivity contribution in [3.05, 3.63) is 10.7 Å². The van der Waals surface area contributed by atoms with Gasteiger partial charge in [0.1, 0.15) is 5.82 Å². The number of nitrogens with zero attached hydrogens (tertiary/aromatic N) is 2. The summed E-state index contributed by atoms with van der Waals surface area (Å²) in [6.45, 7) is 5.17. The van der Waals surface area contributed by atoms with Crippen LogP contribution in [0.3, 0.4) is 0 Å². The van der Waals surface area contributed by atoms with Gasteiger partial charge in [0, 0.05) is 18.8 Å². The van der Waals surface area contributed by atoms with Gasteiger partial charge >= 0.3 is 0 Å². The standard InChI is InChI=1S/C14H23BrN4/c1-3-10-7-5-6-8-12(10)18-13-11(15)9-17-14(19-13)16-4-2/h9-10,12H,3-8H2,1-2H3,(H2,16,17,18,19). The van der Waals surface area contributed by atoms with Crippen LogP contribution in [0.1, 0.15) is 46.0 Å². The Hall–Kier alpha value is -0.840. The summed E-state index contributed by atoms with van der Waals surface area (Å²) in [6, 6.07) is 0.541. The molecule has 0 bridgehead atoms. The number of nitrogens with one attached hydrogen (secondary N) is 2. The van der Waals surface area contributed by atoms with Crippen LogP contribution in [-0.2, 0) is 0 Å². The van der Waals surface area contributed by atoms with E-state index in [1.807, 2.05) is 13.1 Å². The summed E-state index contributed by atoms with van der Waals surface area (Å²) in [5, 5.41) is 6.77. The highest BCUT2D eigenvalue weighted by Crippen LogP contribution is 2.31. The normalized spacial score (nSPS) is 23.1. The highest BCUT2D eigenvalue weighted by atomic mass is 79.9. The molecule has 0 amide bonds. The average Bonchev–Trinajstić information content (AvgIpc) is 2.43. The number of rotatable bonds is 5. The van der Waals surface area contributed by atoms with Crippen LogP contribution in [0.4, 0.5) is 11.8 Å². The third-order valence-electron chi connectivity index (χ3n) is 3.83. The van der Waals surface area contributed by atoms with E-state index in [0.717, 1.165) is 22.8 Å². The molecule has 5 heteroatoms. The summed E-state index contributed by atoms with van der Waals surface area (Å²) in [5.41, 5.74) is 0. The van der Waals surface area contributed by atoms with Crippen molar-refractivity contribution in [2.24, 2.45) is 5.92 Å². The van der Waals surface area contributed by atoms with E-state index in [-0.39, 0.29) is 0 Å². The van der Waals surface area contributed by atoms with E-state index >= 15 is 0 Å². The first-order valence-corrected chi connectivity index (χ1v) is 8.06. The molecule has 106 valence electrons. The number of hydrogen-bond acceptors (Lipinski definition) is 4. The molecule has 0 saturated heterocycles. The zero-order valence-electron chi connectivity index (χ0n) is 11.7. The largest absolute Gasteiger partial charge is 0.366 e. The second-order valence-electron chi connectivity index (χ2n) is 5.12. The zero-order chi connectivity index (χ0) is 13.7. The lowest BCUT2D eigenvalue weighted by Gasteiger charge is -2.32. The minimum atomic E-state index is 0.541. The summed E-state index contributed by atoms with van der Waals surface area (Å²) in [6.07, 6.45) is 8.31. The molecule has 2 N–H and O–H groups in total. The van der Waals surface area contributed by atoms with Crippen LogP contribution in [-0.4, -0.2) is 22.6 Å². The van der Waals surface area contributed by atoms with Gasteiger partial charge < -0.3 is 10.6 Å². The zero-order valence-corrected chi connectivity index (χ0v) is 13.3. The van der Waals surface area contributed by atoms with Gasteiger partial charge in [0.15, 0.2) is 0 Å². The first-order valence-electron chi connectivity index (χ1n) is 7.27. The molecular formula is C14H23BrN4. The van der Waals surface area contributed by atoms with E-state index in [2.05, 4.69) is 43.5 Å². The maximum absolute atomic E-state index is 4.54. The first kappa shape index (κ1) is 14.6. The number of halogens is 1. The monoisotopic (exact) mass is 326 g/mol. The minimum Gasteiger partial charge on any atom is -0.366 e. The Kier molecular flexibility index (Phi) is 5.43. The predicted molar refractivity (Wildman–Crippen MR) is 83.6 cm³/mol. The maximum atomic E-state index is 4.54. The molecular weight excluding hydrogens is 304 g/mol. The fourth-order valence-electron chi connectivity index (χ4n) is 2.77. The van der Waals surface area contributed by atoms with Crippen LogP contribution in [0.25, 0.3) is 0 Å². The van der Waals surface area contributed by atoms with Gasteiger partial charge in [0.2, 0.25) is 5.95 Å². The van der Waals surface area contributed by atoms with Gasteiger partial charge in [0.05, 0.1) is 4.47 Å². The Morgan fingerprint density at radius 2 is 2.11 bits per heavy atom. The molecule has 1 saturated carbocycles. The smallest absolute Gasteiger partial charge is 0.224 e. The maximum Gasteiger partial charge on any atom is 0.224 e. The van der Waals surface area contributed by atoms with Crippen molar-refractivity contribution in [2.45, 2.75) is 52.0 Å². The molecule has 1 fully saturated rings. The van der Waals surface area contributed by atoms with Gasteiger partial charge in [-0.05, 0) is 41.6 Å². The molecule has 1 heterocycles. The minimum absolute atomic E-state index is 0.541. The van der Waals surface area contributed by atoms with Crippen molar-refractivity contribution in [1.82, 2.24) is 9.97 Å². The summed E-state index contributed by atoms with van der Waals surface area (Å²) >= 11 is 3.53. The summed E-state index contributed by atoms with van der Waals surface area (Å²) < 4.78 is 0.939. The van der Waals surface area contributed by atoms with Crippen molar-refractivity contribution >= 4 is 27.7 Å². The van der Waals surface area contributed by atoms with E-state index in [1.165, 1.54) is 32.1 Å². The summed E-state index contributed by atoms with van der Waals surface area (Å²) in [7, 11) is 0. The Morgan fingerprint density at radius 1 is 1.32 bits per heavy atom. The van der Waals surface area contributed by atoms with Crippen molar-refractivity contribution in [2.75, 3.05) is 17.2 Å². The van der Waals surface area contributed by atoms with Gasteiger partial charge in [-0.1, -0.05) is 26.2 Å². The molecule has 0 radical (unpaired) electrons. The van der Waals surface area contributed by atoms with Gasteiger partial charge in [-0.2, -0.15) is 4.98 Å². The topological polar surface area (TPSA) is 49.8 Å². The van der Waals surface area contributed by atoms with Crippen molar-refractivity contribution in [3.63, 3.8) is 0 Å². The molecule has 2 rings (SSSR count). The highest BCUT2D eigenvalue weighted by molar-refractivity contribution is 9.10. The van der Waals surface area contributed by atoms with Crippen molar-refractivity contribution in [3.8, 4) is 0 Å². The molecule has 0 aromatic carbocycles. The lowest BCUT2D eigenvalue weighted by atomic mass is 9.83. The van der Waals surface area contributed by atoms with Gasteiger partial charge in [-0.3, -0.25) is 0 Å². The quantitative estimate of drug-likeness (QED) is 0.856. The number of hydrogen-bond donors (Lipinski definition) is 2. The summed E-state index contributed by atoms with van der Waals surface area (Å²) in [5.74, 6) is 2.37. The molecule has 0 aliphatic heterocycles. The number of aromatic nitrogens is 2. The second-order valence-corrected chi connectivity index (χ2v) is 5.98. The van der Waals surface area contributed by atoms with E-state index in [4.69, 9.17) is 0 Å². The predicted octanol–water partition coefficient (Wildman–Crippen LogP) is 4.05. The average molecular weight is 327 g/mol.